The maximum Gasteiger partial charge on any atom is 0.275 e. The smallest absolute Gasteiger partial charge is 0.275 e. The highest BCUT2D eigenvalue weighted by Crippen LogP contribution is 2.31. The molecule has 98 valence electrons. The van der Waals surface area contributed by atoms with Gasteiger partial charge in [-0.2, -0.15) is 0 Å². The maximum atomic E-state index is 13.7. The molecule has 0 saturated carbocycles. The third-order valence-electron chi connectivity index (χ3n) is 2.28. The minimum atomic E-state index is -0.876. The van der Waals surface area contributed by atoms with Gasteiger partial charge < -0.3 is 4.74 Å². The average Bonchev–Trinajstić information content (AvgIpc) is 2.35. The Hall–Kier alpha value is -2.28. The highest BCUT2D eigenvalue weighted by atomic mass is 35.5. The van der Waals surface area contributed by atoms with Gasteiger partial charge in [-0.25, -0.2) is 14.4 Å². The molecule has 0 N–H and O–H groups in total. The molecule has 0 saturated heterocycles. The van der Waals surface area contributed by atoms with E-state index in [1.807, 2.05) is 0 Å². The largest absolute Gasteiger partial charge is 0.433 e. The van der Waals surface area contributed by atoms with E-state index < -0.39 is 10.7 Å². The molecule has 0 atom stereocenters. The van der Waals surface area contributed by atoms with Crippen LogP contribution in [0.25, 0.3) is 0 Å². The molecule has 0 aliphatic rings. The fourth-order valence-corrected chi connectivity index (χ4v) is 1.54. The van der Waals surface area contributed by atoms with Crippen molar-refractivity contribution in [2.75, 3.05) is 0 Å². The molecule has 1 aromatic heterocycles. The first-order valence-corrected chi connectivity index (χ1v) is 5.45. The molecule has 6 nitrogen and oxygen atoms in total. The van der Waals surface area contributed by atoms with E-state index in [0.717, 1.165) is 6.07 Å². The summed E-state index contributed by atoms with van der Waals surface area (Å²) in [6, 6.07) is 1.99. The van der Waals surface area contributed by atoms with Crippen molar-refractivity contribution >= 4 is 17.3 Å². The molecule has 0 amide bonds. The monoisotopic (exact) mass is 283 g/mol. The Morgan fingerprint density at radius 3 is 2.68 bits per heavy atom. The number of halogens is 2. The fourth-order valence-electron chi connectivity index (χ4n) is 1.40. The molecule has 0 aliphatic heterocycles. The van der Waals surface area contributed by atoms with Crippen molar-refractivity contribution in [3.63, 3.8) is 0 Å². The first-order valence-electron chi connectivity index (χ1n) is 5.08. The predicted octanol–water partition coefficient (Wildman–Crippen LogP) is 3.28. The van der Waals surface area contributed by atoms with E-state index in [1.165, 1.54) is 25.4 Å². The van der Waals surface area contributed by atoms with Crippen LogP contribution in [0, 0.1) is 22.9 Å². The molecule has 0 bridgehead atoms. The normalized spacial score (nSPS) is 10.3. The molecule has 0 spiro atoms. The van der Waals surface area contributed by atoms with E-state index in [4.69, 9.17) is 16.3 Å². The van der Waals surface area contributed by atoms with Crippen molar-refractivity contribution in [1.82, 2.24) is 9.97 Å². The van der Waals surface area contributed by atoms with Crippen molar-refractivity contribution in [3.8, 4) is 11.6 Å². The van der Waals surface area contributed by atoms with Crippen molar-refractivity contribution in [2.24, 2.45) is 0 Å². The van der Waals surface area contributed by atoms with Crippen LogP contribution in [0.3, 0.4) is 0 Å². The topological polar surface area (TPSA) is 78.2 Å². The van der Waals surface area contributed by atoms with Crippen molar-refractivity contribution in [1.29, 1.82) is 0 Å². The van der Waals surface area contributed by atoms with Gasteiger partial charge in [-0.05, 0) is 13.0 Å². The number of hydrogen-bond acceptors (Lipinski definition) is 5. The van der Waals surface area contributed by atoms with Gasteiger partial charge in [0.25, 0.3) is 11.6 Å². The first-order chi connectivity index (χ1) is 8.99. The van der Waals surface area contributed by atoms with Gasteiger partial charge in [0.1, 0.15) is 0 Å². The zero-order valence-electron chi connectivity index (χ0n) is 9.63. The summed E-state index contributed by atoms with van der Waals surface area (Å²) in [6.07, 6.45) is 2.68. The Kier molecular flexibility index (Phi) is 3.57. The zero-order chi connectivity index (χ0) is 14.0. The molecule has 2 aromatic rings. The molecule has 8 heteroatoms. The molecule has 19 heavy (non-hydrogen) atoms. The van der Waals surface area contributed by atoms with Crippen molar-refractivity contribution in [3.05, 3.63) is 51.2 Å². The number of aryl methyl sites for hydroxylation is 1. The minimum Gasteiger partial charge on any atom is -0.433 e. The molecular formula is C11H7ClFN3O3. The summed E-state index contributed by atoms with van der Waals surface area (Å²) in [6.45, 7) is 1.47. The molecule has 0 fully saturated rings. The van der Waals surface area contributed by atoms with Gasteiger partial charge in [-0.15, -0.1) is 0 Å². The molecular weight excluding hydrogens is 277 g/mol. The maximum absolute atomic E-state index is 13.7. The summed E-state index contributed by atoms with van der Waals surface area (Å²) in [5.74, 6) is -1.15. The van der Waals surface area contributed by atoms with Gasteiger partial charge in [0.05, 0.1) is 11.0 Å². The molecule has 1 aromatic carbocycles. The van der Waals surface area contributed by atoms with Crippen LogP contribution in [0.15, 0.2) is 24.5 Å². The first kappa shape index (κ1) is 13.2. The summed E-state index contributed by atoms with van der Waals surface area (Å²) in [5, 5.41) is 10.6. The SMILES string of the molecule is Cc1cc(Oc2nccnc2Cl)c(F)cc1[N+](=O)[O-]. The second-order valence-electron chi connectivity index (χ2n) is 3.58. The van der Waals surface area contributed by atoms with Crippen LogP contribution in [-0.2, 0) is 0 Å². The Morgan fingerprint density at radius 2 is 2.05 bits per heavy atom. The fraction of sp³-hybridized carbons (Fsp3) is 0.0909. The van der Waals surface area contributed by atoms with E-state index in [0.29, 0.717) is 0 Å². The molecule has 2 rings (SSSR count). The quantitative estimate of drug-likeness (QED) is 0.638. The Labute approximate surface area is 112 Å². The minimum absolute atomic E-state index is 0.0297. The highest BCUT2D eigenvalue weighted by molar-refractivity contribution is 6.30. The summed E-state index contributed by atoms with van der Waals surface area (Å²) in [5.41, 5.74) is -0.0588. The van der Waals surface area contributed by atoms with E-state index in [2.05, 4.69) is 9.97 Å². The third-order valence-corrected chi connectivity index (χ3v) is 2.54. The number of hydrogen-bond donors (Lipinski definition) is 0. The van der Waals surface area contributed by atoms with E-state index in [-0.39, 0.29) is 28.0 Å². The van der Waals surface area contributed by atoms with Crippen molar-refractivity contribution < 1.29 is 14.1 Å². The lowest BCUT2D eigenvalue weighted by Crippen LogP contribution is -1.97. The van der Waals surface area contributed by atoms with Gasteiger partial charge >= 0.3 is 0 Å². The summed E-state index contributed by atoms with van der Waals surface area (Å²) < 4.78 is 18.8. The van der Waals surface area contributed by atoms with Gasteiger partial charge in [0.2, 0.25) is 0 Å². The van der Waals surface area contributed by atoms with Crippen LogP contribution < -0.4 is 4.74 Å². The van der Waals surface area contributed by atoms with Crippen LogP contribution >= 0.6 is 11.6 Å². The Bertz CT molecular complexity index is 651. The number of benzene rings is 1. The Balaban J connectivity index is 2.39. The van der Waals surface area contributed by atoms with Crippen LogP contribution in [-0.4, -0.2) is 14.9 Å². The van der Waals surface area contributed by atoms with E-state index in [9.17, 15) is 14.5 Å². The summed E-state index contributed by atoms with van der Waals surface area (Å²) >= 11 is 5.72. The number of nitro groups is 1. The highest BCUT2D eigenvalue weighted by Gasteiger charge is 2.17. The molecule has 0 radical (unpaired) electrons. The van der Waals surface area contributed by atoms with Crippen LogP contribution in [0.5, 0.6) is 11.6 Å². The number of nitro benzene ring substituents is 1. The van der Waals surface area contributed by atoms with Crippen molar-refractivity contribution in [2.45, 2.75) is 6.92 Å². The molecule has 1 heterocycles. The Morgan fingerprint density at radius 1 is 1.37 bits per heavy atom. The average molecular weight is 284 g/mol. The molecule has 0 aliphatic carbocycles. The van der Waals surface area contributed by atoms with Crippen LogP contribution in [0.4, 0.5) is 10.1 Å². The lowest BCUT2D eigenvalue weighted by atomic mass is 10.2. The molecule has 0 unspecified atom stereocenters. The summed E-state index contributed by atoms with van der Waals surface area (Å²) in [7, 11) is 0. The second kappa shape index (κ2) is 5.15. The third kappa shape index (κ3) is 2.76. The van der Waals surface area contributed by atoms with E-state index >= 15 is 0 Å². The second-order valence-corrected chi connectivity index (χ2v) is 3.94. The van der Waals surface area contributed by atoms with Gasteiger partial charge in [-0.1, -0.05) is 11.6 Å². The van der Waals surface area contributed by atoms with Gasteiger partial charge in [0.15, 0.2) is 16.7 Å². The van der Waals surface area contributed by atoms with E-state index in [1.54, 1.807) is 0 Å². The zero-order valence-corrected chi connectivity index (χ0v) is 10.4. The van der Waals surface area contributed by atoms with Gasteiger partial charge in [0, 0.05) is 18.0 Å². The standard InChI is InChI=1S/C11H7ClFN3O3/c1-6-4-9(7(13)5-8(6)16(17)18)19-11-10(12)14-2-3-15-11/h2-5H,1H3. The lowest BCUT2D eigenvalue weighted by molar-refractivity contribution is -0.385. The van der Waals surface area contributed by atoms with Gasteiger partial charge in [-0.3, -0.25) is 10.1 Å². The number of aromatic nitrogens is 2. The number of ether oxygens (including phenoxy) is 1. The summed E-state index contributed by atoms with van der Waals surface area (Å²) in [4.78, 5) is 17.5. The van der Waals surface area contributed by atoms with Crippen LogP contribution in [0.2, 0.25) is 5.15 Å². The predicted molar refractivity (Wildman–Crippen MR) is 64.9 cm³/mol. The van der Waals surface area contributed by atoms with Crippen LogP contribution in [0.1, 0.15) is 5.56 Å². The lowest BCUT2D eigenvalue weighted by Gasteiger charge is -2.07. The number of nitrogens with zero attached hydrogens (tertiary/aromatic N) is 3. The number of rotatable bonds is 3.